The Labute approximate surface area is 209 Å². The third-order valence-electron chi connectivity index (χ3n) is 6.35. The van der Waals surface area contributed by atoms with Gasteiger partial charge in [0.1, 0.15) is 12.6 Å². The first kappa shape index (κ1) is 24.3. The fraction of sp³-hybridized carbons (Fsp3) is 0.231. The SMILES string of the molecule is Cc1nc(-c2cccn3cncc23)ccc1-n1c(=O)n(CC(=O)N[C@@H](C)C(F)(F)F)c2cccc(C)c21. The number of carbonyl (C=O) groups excluding carboxylic acids is 1. The second-order valence-corrected chi connectivity index (χ2v) is 8.89. The summed E-state index contributed by atoms with van der Waals surface area (Å²) in [6, 6.07) is 10.6. The van der Waals surface area contributed by atoms with E-state index < -0.39 is 30.4 Å². The minimum absolute atomic E-state index is 0.437. The number of hydrogen-bond acceptors (Lipinski definition) is 4. The number of amides is 1. The van der Waals surface area contributed by atoms with Crippen LogP contribution in [0, 0.1) is 13.8 Å². The van der Waals surface area contributed by atoms with Gasteiger partial charge in [-0.1, -0.05) is 12.1 Å². The van der Waals surface area contributed by atoms with Crippen LogP contribution in [0.4, 0.5) is 13.2 Å². The molecule has 4 aromatic heterocycles. The zero-order valence-corrected chi connectivity index (χ0v) is 20.2. The van der Waals surface area contributed by atoms with Gasteiger partial charge in [0.25, 0.3) is 0 Å². The van der Waals surface area contributed by atoms with E-state index in [4.69, 9.17) is 4.98 Å². The molecule has 0 saturated carbocycles. The third kappa shape index (κ3) is 4.26. The number of aromatic nitrogens is 5. The molecule has 190 valence electrons. The summed E-state index contributed by atoms with van der Waals surface area (Å²) in [5, 5.41) is 1.92. The highest BCUT2D eigenvalue weighted by Crippen LogP contribution is 2.27. The Kier molecular flexibility index (Phi) is 5.85. The van der Waals surface area contributed by atoms with Crippen molar-refractivity contribution in [1.29, 1.82) is 0 Å². The lowest BCUT2D eigenvalue weighted by Crippen LogP contribution is -2.45. The number of fused-ring (bicyclic) bond motifs is 2. The number of nitrogens with zero attached hydrogens (tertiary/aromatic N) is 5. The van der Waals surface area contributed by atoms with E-state index in [2.05, 4.69) is 4.98 Å². The zero-order valence-electron chi connectivity index (χ0n) is 20.2. The number of imidazole rings is 2. The quantitative estimate of drug-likeness (QED) is 0.386. The van der Waals surface area contributed by atoms with Gasteiger partial charge >= 0.3 is 11.9 Å². The molecule has 0 bridgehead atoms. The number of carbonyl (C=O) groups is 1. The van der Waals surface area contributed by atoms with E-state index >= 15 is 0 Å². The van der Waals surface area contributed by atoms with E-state index in [1.165, 1.54) is 9.13 Å². The van der Waals surface area contributed by atoms with Crippen molar-refractivity contribution < 1.29 is 18.0 Å². The normalized spacial score (nSPS) is 12.8. The average molecular weight is 509 g/mol. The maximum Gasteiger partial charge on any atom is 0.408 e. The number of halogens is 3. The lowest BCUT2D eigenvalue weighted by atomic mass is 10.1. The van der Waals surface area contributed by atoms with E-state index in [1.807, 2.05) is 41.0 Å². The van der Waals surface area contributed by atoms with Gasteiger partial charge < -0.3 is 9.72 Å². The molecule has 5 rings (SSSR count). The molecular formula is C26H23F3N6O2. The Morgan fingerprint density at radius 1 is 1.08 bits per heavy atom. The molecule has 1 amide bonds. The molecule has 8 nitrogen and oxygen atoms in total. The first-order valence-electron chi connectivity index (χ1n) is 11.5. The number of rotatable bonds is 5. The molecule has 0 aliphatic heterocycles. The van der Waals surface area contributed by atoms with Crippen molar-refractivity contribution in [2.45, 2.75) is 39.5 Å². The van der Waals surface area contributed by atoms with Crippen LogP contribution in [0.15, 0.2) is 66.0 Å². The van der Waals surface area contributed by atoms with Crippen LogP contribution in [0.3, 0.4) is 0 Å². The van der Waals surface area contributed by atoms with E-state index in [0.717, 1.165) is 23.6 Å². The van der Waals surface area contributed by atoms with Crippen molar-refractivity contribution in [1.82, 2.24) is 28.8 Å². The van der Waals surface area contributed by atoms with Crippen LogP contribution in [0.2, 0.25) is 0 Å². The fourth-order valence-corrected chi connectivity index (χ4v) is 4.47. The average Bonchev–Trinajstić information content (AvgIpc) is 3.42. The third-order valence-corrected chi connectivity index (χ3v) is 6.35. The van der Waals surface area contributed by atoms with Gasteiger partial charge in [0, 0.05) is 11.8 Å². The van der Waals surface area contributed by atoms with E-state index in [0.29, 0.717) is 28.1 Å². The lowest BCUT2D eigenvalue weighted by Gasteiger charge is -2.17. The van der Waals surface area contributed by atoms with Gasteiger partial charge in [-0.05, 0) is 56.7 Å². The molecular weight excluding hydrogens is 485 g/mol. The molecule has 0 aliphatic rings. The Balaban J connectivity index is 1.60. The van der Waals surface area contributed by atoms with E-state index in [9.17, 15) is 22.8 Å². The minimum Gasteiger partial charge on any atom is -0.343 e. The van der Waals surface area contributed by atoms with Crippen LogP contribution < -0.4 is 11.0 Å². The maximum atomic E-state index is 13.6. The summed E-state index contributed by atoms with van der Waals surface area (Å²) in [5.41, 5.74) is 4.74. The monoisotopic (exact) mass is 508 g/mol. The summed E-state index contributed by atoms with van der Waals surface area (Å²) in [6.45, 7) is 3.90. The minimum atomic E-state index is -4.59. The fourth-order valence-electron chi connectivity index (χ4n) is 4.47. The van der Waals surface area contributed by atoms with Crippen molar-refractivity contribution in [2.24, 2.45) is 0 Å². The van der Waals surface area contributed by atoms with Gasteiger partial charge in [-0.2, -0.15) is 13.2 Å². The second kappa shape index (κ2) is 8.91. The highest BCUT2D eigenvalue weighted by molar-refractivity contribution is 5.85. The molecule has 4 heterocycles. The van der Waals surface area contributed by atoms with Gasteiger partial charge in [-0.25, -0.2) is 9.78 Å². The predicted octanol–water partition coefficient (Wildman–Crippen LogP) is 4.19. The van der Waals surface area contributed by atoms with Gasteiger partial charge in [0.15, 0.2) is 0 Å². The van der Waals surface area contributed by atoms with Crippen LogP contribution >= 0.6 is 0 Å². The first-order chi connectivity index (χ1) is 17.6. The van der Waals surface area contributed by atoms with E-state index in [1.54, 1.807) is 43.7 Å². The number of benzene rings is 1. The smallest absolute Gasteiger partial charge is 0.343 e. The van der Waals surface area contributed by atoms with Crippen molar-refractivity contribution in [3.63, 3.8) is 0 Å². The largest absolute Gasteiger partial charge is 0.408 e. The van der Waals surface area contributed by atoms with Gasteiger partial charge in [0.2, 0.25) is 5.91 Å². The number of nitrogens with one attached hydrogen (secondary N) is 1. The molecule has 0 unspecified atom stereocenters. The summed E-state index contributed by atoms with van der Waals surface area (Å²) >= 11 is 0. The summed E-state index contributed by atoms with van der Waals surface area (Å²) < 4.78 is 43.3. The van der Waals surface area contributed by atoms with Gasteiger partial charge in [0.05, 0.1) is 46.1 Å². The topological polar surface area (TPSA) is 86.2 Å². The van der Waals surface area contributed by atoms with Crippen molar-refractivity contribution in [2.75, 3.05) is 0 Å². The molecule has 0 saturated heterocycles. The van der Waals surface area contributed by atoms with Crippen molar-refractivity contribution >= 4 is 22.5 Å². The van der Waals surface area contributed by atoms with Crippen LogP contribution in [-0.2, 0) is 11.3 Å². The number of alkyl halides is 3. The van der Waals surface area contributed by atoms with Crippen LogP contribution in [0.25, 0.3) is 33.5 Å². The molecule has 0 aliphatic carbocycles. The number of aryl methyl sites for hydroxylation is 2. The summed E-state index contributed by atoms with van der Waals surface area (Å²) in [5.74, 6) is -0.911. The summed E-state index contributed by atoms with van der Waals surface area (Å²) in [7, 11) is 0. The molecule has 0 spiro atoms. The molecule has 1 aromatic carbocycles. The maximum absolute atomic E-state index is 13.6. The lowest BCUT2D eigenvalue weighted by molar-refractivity contribution is -0.158. The Bertz CT molecular complexity index is 1710. The predicted molar refractivity (Wildman–Crippen MR) is 133 cm³/mol. The standard InChI is InChI=1S/C26H23F3N6O2/c1-15-6-4-8-21-24(15)35(25(37)34(21)13-23(36)32-17(3)26(27,28)29)20-10-9-19(31-16(20)2)18-7-5-11-33-14-30-12-22(18)33/h4-12,14,17H,13H2,1-3H3,(H,32,36)/t17-/m0/s1. The molecule has 37 heavy (non-hydrogen) atoms. The highest BCUT2D eigenvalue weighted by atomic mass is 19.4. The first-order valence-corrected chi connectivity index (χ1v) is 11.5. The van der Waals surface area contributed by atoms with Gasteiger partial charge in [-0.15, -0.1) is 0 Å². The number of para-hydroxylation sites is 1. The molecule has 1 atom stereocenters. The van der Waals surface area contributed by atoms with Crippen LogP contribution in [0.5, 0.6) is 0 Å². The van der Waals surface area contributed by atoms with Crippen LogP contribution in [-0.4, -0.2) is 41.6 Å². The van der Waals surface area contributed by atoms with Gasteiger partial charge in [-0.3, -0.25) is 18.9 Å². The van der Waals surface area contributed by atoms with Crippen LogP contribution in [0.1, 0.15) is 18.2 Å². The Hall–Kier alpha value is -4.41. The summed E-state index contributed by atoms with van der Waals surface area (Å²) in [4.78, 5) is 35.0. The van der Waals surface area contributed by atoms with E-state index in [-0.39, 0.29) is 0 Å². The zero-order chi connectivity index (χ0) is 26.5. The molecule has 0 radical (unpaired) electrons. The molecule has 5 aromatic rings. The Morgan fingerprint density at radius 3 is 2.59 bits per heavy atom. The van der Waals surface area contributed by atoms with Crippen molar-refractivity contribution in [3.05, 3.63) is 82.9 Å². The molecule has 1 N–H and O–H groups in total. The molecule has 0 fully saturated rings. The summed E-state index contributed by atoms with van der Waals surface area (Å²) in [6.07, 6.45) is 0.738. The number of pyridine rings is 2. The van der Waals surface area contributed by atoms with Crippen molar-refractivity contribution in [3.8, 4) is 16.9 Å². The number of hydrogen-bond donors (Lipinski definition) is 1. The Morgan fingerprint density at radius 2 is 1.86 bits per heavy atom. The molecule has 11 heteroatoms. The highest BCUT2D eigenvalue weighted by Gasteiger charge is 2.37. The second-order valence-electron chi connectivity index (χ2n) is 8.89.